The summed E-state index contributed by atoms with van der Waals surface area (Å²) in [4.78, 5) is 11.8. The van der Waals surface area contributed by atoms with E-state index in [2.05, 4.69) is 0 Å². The highest BCUT2D eigenvalue weighted by molar-refractivity contribution is 5.74. The zero-order valence-corrected chi connectivity index (χ0v) is 6.40. The Hall–Kier alpha value is -0.610. The van der Waals surface area contributed by atoms with E-state index in [1.807, 2.05) is 0 Å². The standard InChI is InChI=1S/C6H13NO3/c1-4(8)5(6(9)10)7(2)3/h4-5,8H,1-3H3,(H,9,10)/t4?,5-/m0/s1. The molecule has 2 atom stereocenters. The van der Waals surface area contributed by atoms with Crippen LogP contribution in [0, 0.1) is 0 Å². The highest BCUT2D eigenvalue weighted by Crippen LogP contribution is 1.99. The summed E-state index contributed by atoms with van der Waals surface area (Å²) in [5, 5.41) is 17.4. The largest absolute Gasteiger partial charge is 0.480 e. The molecule has 60 valence electrons. The van der Waals surface area contributed by atoms with E-state index in [0.29, 0.717) is 0 Å². The molecule has 1 unspecified atom stereocenters. The number of aliphatic carboxylic acids is 1. The van der Waals surface area contributed by atoms with Gasteiger partial charge < -0.3 is 10.2 Å². The molecule has 10 heavy (non-hydrogen) atoms. The van der Waals surface area contributed by atoms with E-state index in [0.717, 1.165) is 0 Å². The number of hydrogen-bond donors (Lipinski definition) is 2. The maximum atomic E-state index is 10.4. The number of aliphatic hydroxyl groups is 1. The van der Waals surface area contributed by atoms with Crippen molar-refractivity contribution in [3.63, 3.8) is 0 Å². The Morgan fingerprint density at radius 3 is 1.90 bits per heavy atom. The maximum Gasteiger partial charge on any atom is 0.323 e. The lowest BCUT2D eigenvalue weighted by atomic mass is 10.2. The summed E-state index contributed by atoms with van der Waals surface area (Å²) >= 11 is 0. The summed E-state index contributed by atoms with van der Waals surface area (Å²) < 4.78 is 0. The summed E-state index contributed by atoms with van der Waals surface area (Å²) in [5.74, 6) is -1.00. The number of likely N-dealkylation sites (N-methyl/N-ethyl adjacent to an activating group) is 1. The van der Waals surface area contributed by atoms with Crippen LogP contribution in [-0.2, 0) is 4.79 Å². The van der Waals surface area contributed by atoms with Crippen LogP contribution in [0.4, 0.5) is 0 Å². The summed E-state index contributed by atoms with van der Waals surface area (Å²) in [6.07, 6.45) is -0.840. The first-order valence-corrected chi connectivity index (χ1v) is 3.04. The fourth-order valence-electron chi connectivity index (χ4n) is 0.859. The number of rotatable bonds is 3. The van der Waals surface area contributed by atoms with E-state index in [9.17, 15) is 4.79 Å². The molecule has 0 aliphatic rings. The van der Waals surface area contributed by atoms with Gasteiger partial charge in [-0.2, -0.15) is 0 Å². The molecule has 0 aromatic rings. The summed E-state index contributed by atoms with van der Waals surface area (Å²) in [6.45, 7) is 1.46. The zero-order valence-electron chi connectivity index (χ0n) is 6.40. The molecule has 0 saturated carbocycles. The van der Waals surface area contributed by atoms with Crippen molar-refractivity contribution in [3.8, 4) is 0 Å². The molecule has 0 heterocycles. The number of carboxylic acids is 1. The molecule has 4 nitrogen and oxygen atoms in total. The highest BCUT2D eigenvalue weighted by Gasteiger charge is 2.24. The van der Waals surface area contributed by atoms with E-state index < -0.39 is 18.1 Å². The molecule has 0 fully saturated rings. The molecule has 0 aromatic carbocycles. The lowest BCUT2D eigenvalue weighted by Crippen LogP contribution is -2.43. The summed E-state index contributed by atoms with van der Waals surface area (Å²) in [6, 6.07) is -0.806. The molecule has 0 rings (SSSR count). The molecule has 2 N–H and O–H groups in total. The fraction of sp³-hybridized carbons (Fsp3) is 0.833. The van der Waals surface area contributed by atoms with Crippen LogP contribution in [-0.4, -0.2) is 47.3 Å². The number of carboxylic acid groups (broad SMARTS) is 1. The molecule has 0 spiro atoms. The Kier molecular flexibility index (Phi) is 3.32. The van der Waals surface area contributed by atoms with Gasteiger partial charge in [0.15, 0.2) is 0 Å². The Morgan fingerprint density at radius 2 is 1.90 bits per heavy atom. The van der Waals surface area contributed by atoms with Crippen LogP contribution in [0.15, 0.2) is 0 Å². The second kappa shape index (κ2) is 3.53. The third-order valence-corrected chi connectivity index (χ3v) is 1.27. The molecule has 0 saturated heterocycles. The first kappa shape index (κ1) is 9.39. The molecule has 0 aromatic heterocycles. The van der Waals surface area contributed by atoms with Crippen molar-refractivity contribution in [2.75, 3.05) is 14.1 Å². The van der Waals surface area contributed by atoms with Crippen molar-refractivity contribution in [2.24, 2.45) is 0 Å². The predicted molar refractivity (Wildman–Crippen MR) is 36.8 cm³/mol. The second-order valence-electron chi connectivity index (χ2n) is 2.49. The van der Waals surface area contributed by atoms with E-state index in [1.165, 1.54) is 11.8 Å². The lowest BCUT2D eigenvalue weighted by molar-refractivity contribution is -0.145. The minimum Gasteiger partial charge on any atom is -0.480 e. The second-order valence-corrected chi connectivity index (χ2v) is 2.49. The molecule has 0 aliphatic heterocycles. The van der Waals surface area contributed by atoms with Gasteiger partial charge in [-0.05, 0) is 21.0 Å². The van der Waals surface area contributed by atoms with E-state index in [1.54, 1.807) is 14.1 Å². The van der Waals surface area contributed by atoms with Gasteiger partial charge in [-0.3, -0.25) is 9.69 Å². The number of carbonyl (C=O) groups is 1. The number of nitrogens with zero attached hydrogens (tertiary/aromatic N) is 1. The average molecular weight is 147 g/mol. The van der Waals surface area contributed by atoms with Crippen LogP contribution in [0.3, 0.4) is 0 Å². The summed E-state index contributed by atoms with van der Waals surface area (Å²) in [5.41, 5.74) is 0. The third kappa shape index (κ3) is 2.33. The van der Waals surface area contributed by atoms with Crippen molar-refractivity contribution < 1.29 is 15.0 Å². The van der Waals surface area contributed by atoms with E-state index in [-0.39, 0.29) is 0 Å². The SMILES string of the molecule is CC(O)[C@@H](C(=O)O)N(C)C. The average Bonchev–Trinajstić information content (AvgIpc) is 1.59. The molecule has 0 amide bonds. The van der Waals surface area contributed by atoms with Crippen LogP contribution >= 0.6 is 0 Å². The van der Waals surface area contributed by atoms with Crippen LogP contribution in [0.1, 0.15) is 6.92 Å². The summed E-state index contributed by atoms with van der Waals surface area (Å²) in [7, 11) is 3.23. The van der Waals surface area contributed by atoms with Gasteiger partial charge in [-0.1, -0.05) is 0 Å². The van der Waals surface area contributed by atoms with Gasteiger partial charge in [0.05, 0.1) is 6.10 Å². The Morgan fingerprint density at radius 1 is 1.50 bits per heavy atom. The van der Waals surface area contributed by atoms with Crippen molar-refractivity contribution in [1.29, 1.82) is 0 Å². The maximum absolute atomic E-state index is 10.4. The smallest absolute Gasteiger partial charge is 0.323 e. The topological polar surface area (TPSA) is 60.8 Å². The van der Waals surface area contributed by atoms with Crippen molar-refractivity contribution in [3.05, 3.63) is 0 Å². The molecule has 0 aliphatic carbocycles. The molecule has 0 bridgehead atoms. The minimum atomic E-state index is -1.00. The van der Waals surface area contributed by atoms with Gasteiger partial charge in [-0.25, -0.2) is 0 Å². The first-order valence-electron chi connectivity index (χ1n) is 3.04. The molecular weight excluding hydrogens is 134 g/mol. The molecule has 4 heteroatoms. The quantitative estimate of drug-likeness (QED) is 0.558. The van der Waals surface area contributed by atoms with Crippen LogP contribution in [0.25, 0.3) is 0 Å². The van der Waals surface area contributed by atoms with Gasteiger partial charge in [0, 0.05) is 0 Å². The lowest BCUT2D eigenvalue weighted by Gasteiger charge is -2.21. The molecule has 0 radical (unpaired) electrons. The van der Waals surface area contributed by atoms with Gasteiger partial charge in [-0.15, -0.1) is 0 Å². The highest BCUT2D eigenvalue weighted by atomic mass is 16.4. The minimum absolute atomic E-state index is 0.806. The monoisotopic (exact) mass is 147 g/mol. The zero-order chi connectivity index (χ0) is 8.31. The van der Waals surface area contributed by atoms with Crippen LogP contribution in [0.5, 0.6) is 0 Å². The van der Waals surface area contributed by atoms with Gasteiger partial charge in [0.2, 0.25) is 0 Å². The fourth-order valence-corrected chi connectivity index (χ4v) is 0.859. The van der Waals surface area contributed by atoms with Crippen LogP contribution < -0.4 is 0 Å². The van der Waals surface area contributed by atoms with Crippen LogP contribution in [0.2, 0.25) is 0 Å². The van der Waals surface area contributed by atoms with Crippen molar-refractivity contribution in [2.45, 2.75) is 19.1 Å². The van der Waals surface area contributed by atoms with E-state index in [4.69, 9.17) is 10.2 Å². The third-order valence-electron chi connectivity index (χ3n) is 1.27. The number of hydrogen-bond acceptors (Lipinski definition) is 3. The van der Waals surface area contributed by atoms with Gasteiger partial charge in [0.25, 0.3) is 0 Å². The van der Waals surface area contributed by atoms with Gasteiger partial charge >= 0.3 is 5.97 Å². The first-order chi connectivity index (χ1) is 4.46. The molecular formula is C6H13NO3. The van der Waals surface area contributed by atoms with E-state index >= 15 is 0 Å². The predicted octanol–water partition coefficient (Wildman–Crippen LogP) is -0.618. The Labute approximate surface area is 60.1 Å². The van der Waals surface area contributed by atoms with Crippen molar-refractivity contribution in [1.82, 2.24) is 4.90 Å². The number of aliphatic hydroxyl groups excluding tert-OH is 1. The van der Waals surface area contributed by atoms with Gasteiger partial charge in [0.1, 0.15) is 6.04 Å². The Bertz CT molecular complexity index is 114. The normalized spacial score (nSPS) is 16.9. The Balaban J connectivity index is 4.12. The van der Waals surface area contributed by atoms with Crippen molar-refractivity contribution >= 4 is 5.97 Å².